The first-order chi connectivity index (χ1) is 14.3. The first-order valence-electron chi connectivity index (χ1n) is 9.80. The zero-order valence-corrected chi connectivity index (χ0v) is 17.3. The Balaban J connectivity index is 1.55. The standard InChI is InChI=1S/C23H24N2O5/c1-12(13-9-10-16(29-3)17(11-13)30-4)24-21(27)18-19-22(28)25-15-8-6-5-7-14(15)20(26)23(18,19)2/h5-12,18-19H,1-4H3,(H,24,27)(H,25,28)/t12-,18-,19+,23+/m0/s1. The number of carbonyl (C=O) groups is 3. The van der Waals surface area contributed by atoms with Crippen LogP contribution in [-0.2, 0) is 9.59 Å². The number of para-hydroxylation sites is 1. The molecule has 1 aliphatic carbocycles. The minimum absolute atomic E-state index is 0.180. The van der Waals surface area contributed by atoms with Crippen molar-refractivity contribution in [1.82, 2.24) is 5.32 Å². The lowest BCUT2D eigenvalue weighted by molar-refractivity contribution is -0.125. The number of ether oxygens (including phenoxy) is 2. The van der Waals surface area contributed by atoms with Crippen LogP contribution in [0.3, 0.4) is 0 Å². The molecule has 2 aromatic rings. The van der Waals surface area contributed by atoms with E-state index in [-0.39, 0.29) is 23.6 Å². The fraction of sp³-hybridized carbons (Fsp3) is 0.348. The molecule has 0 spiro atoms. The Morgan fingerprint density at radius 3 is 2.50 bits per heavy atom. The van der Waals surface area contributed by atoms with Gasteiger partial charge in [0.2, 0.25) is 11.8 Å². The number of fused-ring (bicyclic) bond motifs is 2. The average Bonchev–Trinajstić information content (AvgIpc) is 3.41. The third kappa shape index (κ3) is 2.93. The van der Waals surface area contributed by atoms with Gasteiger partial charge in [-0.25, -0.2) is 0 Å². The molecule has 4 rings (SSSR count). The number of Topliss-reactive ketones (excluding diaryl/α,β-unsaturated/α-hetero) is 1. The minimum atomic E-state index is -1.04. The molecule has 2 aromatic carbocycles. The fourth-order valence-electron chi connectivity index (χ4n) is 4.44. The summed E-state index contributed by atoms with van der Waals surface area (Å²) in [6.07, 6.45) is 0. The molecule has 1 heterocycles. The molecule has 0 saturated heterocycles. The molecule has 2 aliphatic rings. The predicted octanol–water partition coefficient (Wildman–Crippen LogP) is 2.97. The maximum Gasteiger partial charge on any atom is 0.229 e. The van der Waals surface area contributed by atoms with E-state index in [0.717, 1.165) is 5.56 Å². The SMILES string of the molecule is COc1ccc([C@H](C)NC(=O)[C@@H]2[C@@H]3C(=O)Nc4ccccc4C(=O)[C@]23C)cc1OC. The average molecular weight is 408 g/mol. The largest absolute Gasteiger partial charge is 0.493 e. The van der Waals surface area contributed by atoms with Gasteiger partial charge in [0, 0.05) is 5.56 Å². The summed E-state index contributed by atoms with van der Waals surface area (Å²) < 4.78 is 10.6. The van der Waals surface area contributed by atoms with E-state index in [0.29, 0.717) is 22.7 Å². The highest BCUT2D eigenvalue weighted by molar-refractivity contribution is 6.19. The van der Waals surface area contributed by atoms with Crippen molar-refractivity contribution >= 4 is 23.3 Å². The Morgan fingerprint density at radius 2 is 1.80 bits per heavy atom. The van der Waals surface area contributed by atoms with E-state index in [2.05, 4.69) is 10.6 Å². The number of anilines is 1. The van der Waals surface area contributed by atoms with E-state index in [9.17, 15) is 14.4 Å². The van der Waals surface area contributed by atoms with E-state index in [1.807, 2.05) is 13.0 Å². The van der Waals surface area contributed by atoms with Gasteiger partial charge in [0.15, 0.2) is 17.3 Å². The van der Waals surface area contributed by atoms with Crippen molar-refractivity contribution in [2.75, 3.05) is 19.5 Å². The van der Waals surface area contributed by atoms with Gasteiger partial charge in [-0.1, -0.05) is 25.1 Å². The molecule has 7 nitrogen and oxygen atoms in total. The minimum Gasteiger partial charge on any atom is -0.493 e. The monoisotopic (exact) mass is 408 g/mol. The smallest absolute Gasteiger partial charge is 0.229 e. The molecule has 0 aromatic heterocycles. The van der Waals surface area contributed by atoms with Gasteiger partial charge in [0.1, 0.15) is 0 Å². The summed E-state index contributed by atoms with van der Waals surface area (Å²) in [7, 11) is 3.10. The molecule has 0 unspecified atom stereocenters. The van der Waals surface area contributed by atoms with Crippen LogP contribution < -0.4 is 20.1 Å². The molecule has 30 heavy (non-hydrogen) atoms. The summed E-state index contributed by atoms with van der Waals surface area (Å²) in [5.41, 5.74) is 0.726. The van der Waals surface area contributed by atoms with Crippen molar-refractivity contribution in [2.24, 2.45) is 17.3 Å². The molecule has 2 N–H and O–H groups in total. The van der Waals surface area contributed by atoms with Crippen LogP contribution in [0.15, 0.2) is 42.5 Å². The molecule has 4 atom stereocenters. The number of benzene rings is 2. The van der Waals surface area contributed by atoms with Gasteiger partial charge < -0.3 is 20.1 Å². The highest BCUT2D eigenvalue weighted by atomic mass is 16.5. The van der Waals surface area contributed by atoms with Crippen molar-refractivity contribution in [3.8, 4) is 11.5 Å². The van der Waals surface area contributed by atoms with Crippen molar-refractivity contribution in [2.45, 2.75) is 19.9 Å². The number of hydrogen-bond acceptors (Lipinski definition) is 5. The molecule has 1 fully saturated rings. The van der Waals surface area contributed by atoms with Gasteiger partial charge in [-0.15, -0.1) is 0 Å². The molecule has 156 valence electrons. The lowest BCUT2D eigenvalue weighted by atomic mass is 9.92. The van der Waals surface area contributed by atoms with E-state index >= 15 is 0 Å². The van der Waals surface area contributed by atoms with Gasteiger partial charge in [0.05, 0.1) is 43.2 Å². The second-order valence-corrected chi connectivity index (χ2v) is 7.95. The lowest BCUT2D eigenvalue weighted by Crippen LogP contribution is -2.32. The third-order valence-corrected chi connectivity index (χ3v) is 6.27. The predicted molar refractivity (Wildman–Crippen MR) is 111 cm³/mol. The molecular formula is C23H24N2O5. The van der Waals surface area contributed by atoms with Crippen LogP contribution in [0.2, 0.25) is 0 Å². The Bertz CT molecular complexity index is 1050. The van der Waals surface area contributed by atoms with Crippen LogP contribution in [0.5, 0.6) is 11.5 Å². The van der Waals surface area contributed by atoms with Crippen LogP contribution in [0.1, 0.15) is 35.8 Å². The number of rotatable bonds is 5. The second kappa shape index (κ2) is 7.16. The first-order valence-corrected chi connectivity index (χ1v) is 9.80. The van der Waals surface area contributed by atoms with Crippen molar-refractivity contribution < 1.29 is 23.9 Å². The van der Waals surface area contributed by atoms with Crippen molar-refractivity contribution in [1.29, 1.82) is 0 Å². The van der Waals surface area contributed by atoms with Crippen molar-refractivity contribution in [3.05, 3.63) is 53.6 Å². The van der Waals surface area contributed by atoms with Crippen LogP contribution >= 0.6 is 0 Å². The van der Waals surface area contributed by atoms with Gasteiger partial charge in [-0.05, 0) is 36.8 Å². The number of methoxy groups -OCH3 is 2. The summed E-state index contributed by atoms with van der Waals surface area (Å²) in [6, 6.07) is 12.0. The molecular weight excluding hydrogens is 384 g/mol. The second-order valence-electron chi connectivity index (χ2n) is 7.95. The van der Waals surface area contributed by atoms with E-state index < -0.39 is 17.3 Å². The highest BCUT2D eigenvalue weighted by Gasteiger charge is 2.73. The third-order valence-electron chi connectivity index (χ3n) is 6.27. The Hall–Kier alpha value is -3.35. The highest BCUT2D eigenvalue weighted by Crippen LogP contribution is 2.62. The van der Waals surface area contributed by atoms with Gasteiger partial charge in [0.25, 0.3) is 0 Å². The van der Waals surface area contributed by atoms with Gasteiger partial charge in [-0.2, -0.15) is 0 Å². The van der Waals surface area contributed by atoms with Gasteiger partial charge in [-0.3, -0.25) is 14.4 Å². The zero-order chi connectivity index (χ0) is 21.6. The van der Waals surface area contributed by atoms with Crippen LogP contribution in [0, 0.1) is 17.3 Å². The summed E-state index contributed by atoms with van der Waals surface area (Å²) in [6.45, 7) is 3.55. The Labute approximate surface area is 174 Å². The molecule has 0 bridgehead atoms. The normalized spacial score (nSPS) is 25.2. The summed E-state index contributed by atoms with van der Waals surface area (Å²) in [4.78, 5) is 38.9. The molecule has 2 amide bonds. The zero-order valence-electron chi connectivity index (χ0n) is 17.3. The number of carbonyl (C=O) groups excluding carboxylic acids is 3. The lowest BCUT2D eigenvalue weighted by Gasteiger charge is -2.18. The molecule has 1 saturated carbocycles. The summed E-state index contributed by atoms with van der Waals surface area (Å²) in [5.74, 6) is -1.03. The first kappa shape index (κ1) is 19.9. The number of hydrogen-bond donors (Lipinski definition) is 2. The molecule has 0 radical (unpaired) electrons. The fourth-order valence-corrected chi connectivity index (χ4v) is 4.44. The van der Waals surface area contributed by atoms with Crippen LogP contribution in [0.4, 0.5) is 5.69 Å². The Morgan fingerprint density at radius 1 is 1.10 bits per heavy atom. The van der Waals surface area contributed by atoms with E-state index in [4.69, 9.17) is 9.47 Å². The van der Waals surface area contributed by atoms with E-state index in [1.54, 1.807) is 57.5 Å². The number of ketones is 1. The topological polar surface area (TPSA) is 93.7 Å². The van der Waals surface area contributed by atoms with Crippen LogP contribution in [0.25, 0.3) is 0 Å². The molecule has 1 aliphatic heterocycles. The molecule has 7 heteroatoms. The Kier molecular flexibility index (Phi) is 4.76. The van der Waals surface area contributed by atoms with E-state index in [1.165, 1.54) is 0 Å². The van der Waals surface area contributed by atoms with Gasteiger partial charge >= 0.3 is 0 Å². The number of nitrogens with one attached hydrogen (secondary N) is 2. The quantitative estimate of drug-likeness (QED) is 0.793. The summed E-state index contributed by atoms with van der Waals surface area (Å²) >= 11 is 0. The maximum absolute atomic E-state index is 13.2. The van der Waals surface area contributed by atoms with Crippen LogP contribution in [-0.4, -0.2) is 31.8 Å². The van der Waals surface area contributed by atoms with Crippen molar-refractivity contribution in [3.63, 3.8) is 0 Å². The summed E-state index contributed by atoms with van der Waals surface area (Å²) in [5, 5.41) is 5.74. The number of amides is 2. The maximum atomic E-state index is 13.2.